The Balaban J connectivity index is 1.02. The van der Waals surface area contributed by atoms with Crippen LogP contribution in [-0.2, 0) is 0 Å². The van der Waals surface area contributed by atoms with E-state index in [1.807, 2.05) is 0 Å². The zero-order valence-electron chi connectivity index (χ0n) is 27.8. The van der Waals surface area contributed by atoms with Gasteiger partial charge in [-0.2, -0.15) is 0 Å². The monoisotopic (exact) mass is 640 g/mol. The zero-order valence-corrected chi connectivity index (χ0v) is 27.8. The van der Waals surface area contributed by atoms with E-state index >= 15 is 0 Å². The number of nitrogens with zero attached hydrogens (tertiary/aromatic N) is 2. The van der Waals surface area contributed by atoms with Gasteiger partial charge in [-0.3, -0.25) is 0 Å². The van der Waals surface area contributed by atoms with Crippen molar-refractivity contribution in [2.75, 3.05) is 4.90 Å². The molecule has 0 radical (unpaired) electrons. The summed E-state index contributed by atoms with van der Waals surface area (Å²) < 4.78 is 2.35. The molecule has 2 nitrogen and oxygen atoms in total. The van der Waals surface area contributed by atoms with Crippen LogP contribution < -0.4 is 4.90 Å². The summed E-state index contributed by atoms with van der Waals surface area (Å²) in [7, 11) is 0. The van der Waals surface area contributed by atoms with Crippen molar-refractivity contribution in [1.29, 1.82) is 0 Å². The first kappa shape index (κ1) is 28.9. The molecule has 2 heterocycles. The molecule has 238 valence electrons. The Morgan fingerprint density at radius 3 is 2.08 bits per heavy atom. The quantitative estimate of drug-likeness (QED) is 0.182. The van der Waals surface area contributed by atoms with Gasteiger partial charge in [0, 0.05) is 40.0 Å². The molecule has 0 bridgehead atoms. The minimum atomic E-state index is 0.300. The molecule has 0 fully saturated rings. The molecular weight excluding hydrogens is 605 g/mol. The van der Waals surface area contributed by atoms with Crippen molar-refractivity contribution in [1.82, 2.24) is 4.57 Å². The number of hydrogen-bond donors (Lipinski definition) is 0. The number of anilines is 1. The summed E-state index contributed by atoms with van der Waals surface area (Å²) >= 11 is 0. The lowest BCUT2D eigenvalue weighted by Gasteiger charge is -2.33. The van der Waals surface area contributed by atoms with Crippen molar-refractivity contribution in [3.05, 3.63) is 205 Å². The summed E-state index contributed by atoms with van der Waals surface area (Å²) in [4.78, 5) is 2.60. The van der Waals surface area contributed by atoms with Gasteiger partial charge in [-0.05, 0) is 93.6 Å². The van der Waals surface area contributed by atoms with Crippen LogP contribution in [0.2, 0.25) is 0 Å². The Morgan fingerprint density at radius 2 is 1.30 bits per heavy atom. The second kappa shape index (κ2) is 11.8. The second-order valence-corrected chi connectivity index (χ2v) is 13.7. The maximum Gasteiger partial charge on any atom is 0.0607 e. The highest BCUT2D eigenvalue weighted by molar-refractivity contribution is 6.11. The van der Waals surface area contributed by atoms with Crippen molar-refractivity contribution in [3.8, 4) is 16.8 Å². The number of benzene rings is 6. The van der Waals surface area contributed by atoms with Gasteiger partial charge in [-0.15, -0.1) is 0 Å². The number of para-hydroxylation sites is 1. The van der Waals surface area contributed by atoms with Crippen LogP contribution >= 0.6 is 0 Å². The molecule has 0 saturated carbocycles. The lowest BCUT2D eigenvalue weighted by Crippen LogP contribution is -2.32. The molecule has 2 aliphatic carbocycles. The van der Waals surface area contributed by atoms with Crippen LogP contribution in [0, 0.1) is 0 Å². The summed E-state index contributed by atoms with van der Waals surface area (Å²) in [6.07, 6.45) is 16.1. The topological polar surface area (TPSA) is 8.17 Å². The molecule has 2 atom stereocenters. The molecule has 7 aromatic rings. The van der Waals surface area contributed by atoms with Crippen LogP contribution in [0.3, 0.4) is 0 Å². The van der Waals surface area contributed by atoms with Crippen LogP contribution in [0.1, 0.15) is 35.4 Å². The van der Waals surface area contributed by atoms with Crippen molar-refractivity contribution in [3.63, 3.8) is 0 Å². The molecule has 0 spiro atoms. The van der Waals surface area contributed by atoms with Gasteiger partial charge < -0.3 is 9.47 Å². The first-order chi connectivity index (χ1) is 24.8. The molecule has 2 heteroatoms. The van der Waals surface area contributed by atoms with E-state index in [1.165, 1.54) is 77.7 Å². The van der Waals surface area contributed by atoms with Gasteiger partial charge in [0.05, 0.1) is 11.6 Å². The van der Waals surface area contributed by atoms with Crippen molar-refractivity contribution >= 4 is 38.5 Å². The molecule has 1 aromatic heterocycles. The number of aromatic nitrogens is 1. The summed E-state index contributed by atoms with van der Waals surface area (Å²) in [6.45, 7) is 0. The molecule has 1 aliphatic heterocycles. The number of rotatable bonds is 5. The van der Waals surface area contributed by atoms with Crippen molar-refractivity contribution in [2.24, 2.45) is 0 Å². The van der Waals surface area contributed by atoms with Crippen molar-refractivity contribution in [2.45, 2.75) is 24.8 Å². The van der Waals surface area contributed by atoms with E-state index in [9.17, 15) is 0 Å². The van der Waals surface area contributed by atoms with Gasteiger partial charge in [-0.25, -0.2) is 0 Å². The van der Waals surface area contributed by atoms with Crippen molar-refractivity contribution < 1.29 is 0 Å². The molecule has 0 amide bonds. The molecule has 10 rings (SSSR count). The highest BCUT2D eigenvalue weighted by atomic mass is 15.2. The summed E-state index contributed by atoms with van der Waals surface area (Å²) in [5, 5.41) is 3.86. The third-order valence-corrected chi connectivity index (χ3v) is 10.9. The molecule has 6 aromatic carbocycles. The molecule has 0 saturated heterocycles. The maximum absolute atomic E-state index is 2.60. The van der Waals surface area contributed by atoms with E-state index in [0.717, 1.165) is 12.8 Å². The molecule has 3 aliphatic rings. The van der Waals surface area contributed by atoms with E-state index in [2.05, 4.69) is 192 Å². The van der Waals surface area contributed by atoms with Gasteiger partial charge in [0.15, 0.2) is 0 Å². The van der Waals surface area contributed by atoms with E-state index in [-0.39, 0.29) is 0 Å². The van der Waals surface area contributed by atoms with E-state index in [4.69, 9.17) is 0 Å². The first-order valence-electron chi connectivity index (χ1n) is 17.7. The fourth-order valence-corrected chi connectivity index (χ4v) is 8.50. The average Bonchev–Trinajstić information content (AvgIpc) is 3.78. The Kier molecular flexibility index (Phi) is 6.80. The Hall–Kier alpha value is -6.12. The lowest BCUT2D eigenvalue weighted by molar-refractivity contribution is 0.723. The zero-order chi connectivity index (χ0) is 33.0. The smallest absolute Gasteiger partial charge is 0.0607 e. The normalized spacial score (nSPS) is 18.1. The lowest BCUT2D eigenvalue weighted by atomic mass is 9.83. The first-order valence-corrected chi connectivity index (χ1v) is 17.7. The largest absolute Gasteiger partial charge is 0.337 e. The third kappa shape index (κ3) is 4.71. The highest BCUT2D eigenvalue weighted by Crippen LogP contribution is 2.52. The van der Waals surface area contributed by atoms with Crippen LogP contribution in [0.5, 0.6) is 0 Å². The Morgan fingerprint density at radius 1 is 0.600 bits per heavy atom. The Bertz CT molecular complexity index is 2530. The van der Waals surface area contributed by atoms with Gasteiger partial charge in [0.2, 0.25) is 0 Å². The predicted octanol–water partition coefficient (Wildman–Crippen LogP) is 12.1. The SMILES string of the molecule is C1=CC(N2C3=CC=C(c4cc5ccn(-c6ccc(-c7ccccc7)cc6)c5c5ccccc45)CC3c3ccccc32)CC=C1c1ccccc1. The fraction of sp³-hybridized carbons (Fsp3) is 0.0833. The highest BCUT2D eigenvalue weighted by Gasteiger charge is 2.38. The number of hydrogen-bond acceptors (Lipinski definition) is 1. The fourth-order valence-electron chi connectivity index (χ4n) is 8.50. The summed E-state index contributed by atoms with van der Waals surface area (Å²) in [5.74, 6) is 0.335. The summed E-state index contributed by atoms with van der Waals surface area (Å²) in [6, 6.07) is 53.3. The van der Waals surface area contributed by atoms with Crippen LogP contribution in [-0.4, -0.2) is 10.6 Å². The number of fused-ring (bicyclic) bond motifs is 6. The number of allylic oxidation sites excluding steroid dienone is 6. The maximum atomic E-state index is 2.60. The standard InChI is InChI=1S/C48H36N2/c1-3-11-33(12-4-1)35-19-24-39(25-20-35)49-30-29-38-32-44(41-15-7-8-17-43(41)48(38)49)37-23-28-47-45(31-37)42-16-9-10-18-46(42)50(47)40-26-21-36(22-27-40)34-13-5-2-6-14-34/h1-26,28-30,32,40,45H,27,31H2. The molecule has 2 unspecified atom stereocenters. The van der Waals surface area contributed by atoms with Gasteiger partial charge in [-0.1, -0.05) is 140 Å². The van der Waals surface area contributed by atoms with Crippen LogP contribution in [0.25, 0.3) is 49.6 Å². The van der Waals surface area contributed by atoms with Crippen LogP contribution in [0.15, 0.2) is 188 Å². The average molecular weight is 641 g/mol. The van der Waals surface area contributed by atoms with Gasteiger partial charge in [0.25, 0.3) is 0 Å². The Labute approximate surface area is 293 Å². The molecule has 0 N–H and O–H groups in total. The predicted molar refractivity (Wildman–Crippen MR) is 211 cm³/mol. The molecular formula is C48H36N2. The van der Waals surface area contributed by atoms with E-state index in [0.29, 0.717) is 12.0 Å². The third-order valence-electron chi connectivity index (χ3n) is 10.9. The van der Waals surface area contributed by atoms with Gasteiger partial charge >= 0.3 is 0 Å². The second-order valence-electron chi connectivity index (χ2n) is 13.7. The van der Waals surface area contributed by atoms with E-state index in [1.54, 1.807) is 0 Å². The minimum Gasteiger partial charge on any atom is -0.337 e. The van der Waals surface area contributed by atoms with Gasteiger partial charge in [0.1, 0.15) is 0 Å². The summed E-state index contributed by atoms with van der Waals surface area (Å²) in [5.41, 5.74) is 14.4. The molecule has 50 heavy (non-hydrogen) atoms. The van der Waals surface area contributed by atoms with Crippen LogP contribution in [0.4, 0.5) is 5.69 Å². The minimum absolute atomic E-state index is 0.300. The van der Waals surface area contributed by atoms with E-state index < -0.39 is 0 Å².